The summed E-state index contributed by atoms with van der Waals surface area (Å²) in [6.45, 7) is 7.16. The molecule has 150 valence electrons. The Balaban J connectivity index is 1.72. The van der Waals surface area contributed by atoms with Crippen molar-refractivity contribution in [3.8, 4) is 0 Å². The van der Waals surface area contributed by atoms with Gasteiger partial charge in [0.25, 0.3) is 5.69 Å². The van der Waals surface area contributed by atoms with Gasteiger partial charge in [-0.2, -0.15) is 0 Å². The van der Waals surface area contributed by atoms with Crippen molar-refractivity contribution >= 4 is 41.3 Å². The maximum Gasteiger partial charge on any atom is 0.355 e. The van der Waals surface area contributed by atoms with Crippen LogP contribution < -0.4 is 4.72 Å². The number of rotatable bonds is 5. The van der Waals surface area contributed by atoms with Crippen LogP contribution in [0.3, 0.4) is 0 Å². The molecule has 2 atom stereocenters. The molecule has 8 nitrogen and oxygen atoms in total. The second kappa shape index (κ2) is 7.76. The maximum absolute atomic E-state index is 12.7. The molecule has 1 saturated heterocycles. The Hall–Kier alpha value is -2.04. The second-order valence-corrected chi connectivity index (χ2v) is 9.45. The van der Waals surface area contributed by atoms with Crippen LogP contribution >= 0.6 is 23.7 Å². The Bertz CT molecular complexity index is 865. The van der Waals surface area contributed by atoms with Gasteiger partial charge in [0.2, 0.25) is 5.91 Å². The number of nitro groups is 1. The van der Waals surface area contributed by atoms with Crippen LogP contribution in [0.1, 0.15) is 27.7 Å². The Morgan fingerprint density at radius 1 is 1.39 bits per heavy atom. The summed E-state index contributed by atoms with van der Waals surface area (Å²) in [7, 11) is 0. The van der Waals surface area contributed by atoms with E-state index in [0.29, 0.717) is 16.3 Å². The van der Waals surface area contributed by atoms with Gasteiger partial charge < -0.3 is 4.74 Å². The minimum Gasteiger partial charge on any atom is -0.455 e. The van der Waals surface area contributed by atoms with Gasteiger partial charge in [0.15, 0.2) is 0 Å². The largest absolute Gasteiger partial charge is 0.455 e. The minimum absolute atomic E-state index is 0.0230. The smallest absolute Gasteiger partial charge is 0.355 e. The Morgan fingerprint density at radius 2 is 2.07 bits per heavy atom. The lowest BCUT2D eigenvalue weighted by Crippen LogP contribution is -2.68. The lowest BCUT2D eigenvalue weighted by atomic mass is 10.0. The fourth-order valence-electron chi connectivity index (χ4n) is 2.89. The molecule has 0 aliphatic carbocycles. The van der Waals surface area contributed by atoms with E-state index >= 15 is 0 Å². The first-order valence-corrected chi connectivity index (χ1v) is 10.5. The van der Waals surface area contributed by atoms with E-state index in [-0.39, 0.29) is 17.0 Å². The van der Waals surface area contributed by atoms with Crippen molar-refractivity contribution in [2.45, 2.75) is 49.6 Å². The van der Waals surface area contributed by atoms with Crippen molar-refractivity contribution in [2.75, 3.05) is 5.75 Å². The predicted octanol–water partition coefficient (Wildman–Crippen LogP) is 3.09. The molecule has 2 aliphatic rings. The van der Waals surface area contributed by atoms with Crippen LogP contribution in [0.4, 0.5) is 5.69 Å². The van der Waals surface area contributed by atoms with E-state index in [9.17, 15) is 19.7 Å². The molecule has 0 saturated carbocycles. The van der Waals surface area contributed by atoms with Crippen LogP contribution in [-0.2, 0) is 14.3 Å². The fourth-order valence-corrected chi connectivity index (χ4v) is 5.14. The van der Waals surface area contributed by atoms with Crippen LogP contribution in [0.2, 0.25) is 0 Å². The number of para-hydroxylation sites is 1. The molecular weight excluding hydrogens is 402 g/mol. The van der Waals surface area contributed by atoms with Gasteiger partial charge in [0.05, 0.1) is 4.92 Å². The van der Waals surface area contributed by atoms with Crippen LogP contribution in [0.5, 0.6) is 0 Å². The van der Waals surface area contributed by atoms with Crippen LogP contribution in [-0.4, -0.2) is 44.5 Å². The summed E-state index contributed by atoms with van der Waals surface area (Å²) in [5, 5.41) is 10.9. The van der Waals surface area contributed by atoms with E-state index in [1.165, 1.54) is 11.0 Å². The topological polar surface area (TPSA) is 102 Å². The number of amides is 1. The highest BCUT2D eigenvalue weighted by molar-refractivity contribution is 8.00. The number of ether oxygens (including phenoxy) is 1. The molecule has 10 heteroatoms. The highest BCUT2D eigenvalue weighted by Gasteiger charge is 2.53. The normalized spacial score (nSPS) is 21.9. The Morgan fingerprint density at radius 3 is 2.71 bits per heavy atom. The summed E-state index contributed by atoms with van der Waals surface area (Å²) in [4.78, 5) is 37.9. The third kappa shape index (κ3) is 4.03. The van der Waals surface area contributed by atoms with Crippen molar-refractivity contribution in [3.63, 3.8) is 0 Å². The quantitative estimate of drug-likeness (QED) is 0.253. The van der Waals surface area contributed by atoms with Gasteiger partial charge in [0, 0.05) is 11.8 Å². The molecule has 3 rings (SSSR count). The van der Waals surface area contributed by atoms with E-state index < -0.39 is 22.5 Å². The molecule has 1 aromatic carbocycles. The van der Waals surface area contributed by atoms with Crippen LogP contribution in [0.15, 0.2) is 40.4 Å². The molecule has 1 amide bonds. The van der Waals surface area contributed by atoms with Crippen LogP contribution in [0, 0.1) is 10.1 Å². The van der Waals surface area contributed by atoms with Crippen molar-refractivity contribution < 1.29 is 19.2 Å². The van der Waals surface area contributed by atoms with Crippen molar-refractivity contribution in [1.82, 2.24) is 9.62 Å². The molecule has 2 heterocycles. The number of β-lactam (4-membered cyclic amide) rings is 1. The number of hydrogen-bond donors (Lipinski definition) is 1. The predicted molar refractivity (Wildman–Crippen MR) is 108 cm³/mol. The van der Waals surface area contributed by atoms with Gasteiger partial charge in [-0.15, -0.1) is 11.8 Å². The third-order valence-electron chi connectivity index (χ3n) is 4.11. The summed E-state index contributed by atoms with van der Waals surface area (Å²) >= 11 is 2.60. The van der Waals surface area contributed by atoms with Crippen molar-refractivity contribution in [2.24, 2.45) is 0 Å². The minimum atomic E-state index is -0.655. The highest BCUT2D eigenvalue weighted by Crippen LogP contribution is 2.42. The monoisotopic (exact) mass is 423 g/mol. The van der Waals surface area contributed by atoms with Crippen molar-refractivity contribution in [3.05, 3.63) is 45.6 Å². The number of nitrogens with zero attached hydrogens (tertiary/aromatic N) is 2. The van der Waals surface area contributed by atoms with E-state index in [2.05, 4.69) is 4.72 Å². The average Bonchev–Trinajstić information content (AvgIpc) is 2.60. The number of carbonyl (C=O) groups excluding carboxylic acids is 2. The molecule has 0 unspecified atom stereocenters. The first-order chi connectivity index (χ1) is 13.1. The summed E-state index contributed by atoms with van der Waals surface area (Å²) in [5.41, 5.74) is 0.425. The first-order valence-electron chi connectivity index (χ1n) is 8.63. The van der Waals surface area contributed by atoms with E-state index in [0.717, 1.165) is 17.5 Å². The molecular formula is C18H21N3O5S2. The third-order valence-corrected chi connectivity index (χ3v) is 6.47. The molecule has 1 N–H and O–H groups in total. The number of benzene rings is 1. The summed E-state index contributed by atoms with van der Waals surface area (Å²) in [6, 6.07) is 5.80. The number of hydrogen-bond acceptors (Lipinski definition) is 8. The SMILES string of the molecule is CC1=C(C(=O)OC(C)(C)C)N2C(=O)[C@@H](NSc3ccccc3[N+](=O)[O-])[C@H]2SC1. The fraction of sp³-hybridized carbons (Fsp3) is 0.444. The van der Waals surface area contributed by atoms with Gasteiger partial charge in [-0.1, -0.05) is 12.1 Å². The number of esters is 1. The lowest BCUT2D eigenvalue weighted by molar-refractivity contribution is -0.387. The maximum atomic E-state index is 12.7. The molecule has 1 fully saturated rings. The van der Waals surface area contributed by atoms with Gasteiger partial charge in [-0.25, -0.2) is 9.52 Å². The molecule has 1 aromatic rings. The summed E-state index contributed by atoms with van der Waals surface area (Å²) in [6.07, 6.45) is 0. The van der Waals surface area contributed by atoms with Gasteiger partial charge in [-0.05, 0) is 51.3 Å². The van der Waals surface area contributed by atoms with Gasteiger partial charge >= 0.3 is 5.97 Å². The van der Waals surface area contributed by atoms with E-state index in [1.807, 2.05) is 6.92 Å². The second-order valence-electron chi connectivity index (χ2n) is 7.46. The van der Waals surface area contributed by atoms with Crippen LogP contribution in [0.25, 0.3) is 0 Å². The summed E-state index contributed by atoms with van der Waals surface area (Å²) in [5.74, 6) is -0.144. The zero-order valence-electron chi connectivity index (χ0n) is 15.9. The number of fused-ring (bicyclic) bond motifs is 1. The van der Waals surface area contributed by atoms with Gasteiger partial charge in [-0.3, -0.25) is 19.8 Å². The average molecular weight is 424 g/mol. The molecule has 2 aliphatic heterocycles. The Labute approximate surface area is 171 Å². The zero-order valence-corrected chi connectivity index (χ0v) is 17.6. The molecule has 0 aromatic heterocycles. The van der Waals surface area contributed by atoms with E-state index in [4.69, 9.17) is 4.74 Å². The zero-order chi connectivity index (χ0) is 20.6. The molecule has 0 bridgehead atoms. The number of nitro benzene ring substituents is 1. The first kappa shape index (κ1) is 20.7. The van der Waals surface area contributed by atoms with Crippen molar-refractivity contribution in [1.29, 1.82) is 0 Å². The standard InChI is InChI=1S/C18H21N3O5S2/c1-10-9-27-16-13(19-28-12-8-6-5-7-11(12)21(24)25)15(22)20(16)14(10)17(23)26-18(2,3)4/h5-8,13,16,19H,9H2,1-4H3/t13-,16-/m1/s1. The summed E-state index contributed by atoms with van der Waals surface area (Å²) < 4.78 is 8.48. The van der Waals surface area contributed by atoms with Gasteiger partial charge in [0.1, 0.15) is 27.6 Å². The number of carbonyl (C=O) groups is 2. The highest BCUT2D eigenvalue weighted by atomic mass is 32.2. The molecule has 0 radical (unpaired) electrons. The molecule has 28 heavy (non-hydrogen) atoms. The lowest BCUT2D eigenvalue weighted by Gasteiger charge is -2.49. The number of thioether (sulfide) groups is 1. The Kier molecular flexibility index (Phi) is 5.74. The molecule has 0 spiro atoms. The number of nitrogens with one attached hydrogen (secondary N) is 1. The van der Waals surface area contributed by atoms with E-state index in [1.54, 1.807) is 50.7 Å².